The summed E-state index contributed by atoms with van der Waals surface area (Å²) in [5.41, 5.74) is 5.93. The van der Waals surface area contributed by atoms with Gasteiger partial charge >= 0.3 is 0 Å². The van der Waals surface area contributed by atoms with E-state index in [0.29, 0.717) is 12.5 Å². The number of nitrogens with zero attached hydrogens (tertiary/aromatic N) is 2. The molecular weight excluding hydrogens is 202 g/mol. The Labute approximate surface area is 96.1 Å². The number of guanidine groups is 1. The number of hydrogen-bond donors (Lipinski definition) is 1. The van der Waals surface area contributed by atoms with E-state index in [2.05, 4.69) is 9.89 Å². The van der Waals surface area contributed by atoms with Crippen LogP contribution in [0.5, 0.6) is 0 Å². The van der Waals surface area contributed by atoms with E-state index < -0.39 is 0 Å². The molecule has 0 spiro atoms. The molecule has 2 rings (SSSR count). The second-order valence-electron chi connectivity index (χ2n) is 4.12. The van der Waals surface area contributed by atoms with Gasteiger partial charge in [-0.3, -0.25) is 4.99 Å². The molecular formula is C12H19N3O. The highest BCUT2D eigenvalue weighted by molar-refractivity contribution is 5.78. The summed E-state index contributed by atoms with van der Waals surface area (Å²) in [6.45, 7) is 2.81. The van der Waals surface area contributed by atoms with Crippen molar-refractivity contribution >= 4 is 5.96 Å². The van der Waals surface area contributed by atoms with Crippen molar-refractivity contribution in [3.05, 3.63) is 24.2 Å². The first-order valence-electron chi connectivity index (χ1n) is 5.93. The molecule has 1 saturated heterocycles. The standard InChI is InChI=1S/C12H19N3O/c13-12(15-8-2-1-3-9-15)14-7-6-11-5-4-10-16-11/h4-5,10H,1-3,6-9H2,(H2,13,14). The summed E-state index contributed by atoms with van der Waals surface area (Å²) in [7, 11) is 0. The van der Waals surface area contributed by atoms with E-state index in [4.69, 9.17) is 10.2 Å². The average molecular weight is 221 g/mol. The molecule has 2 heterocycles. The first-order chi connectivity index (χ1) is 7.86. The summed E-state index contributed by atoms with van der Waals surface area (Å²) >= 11 is 0. The zero-order valence-electron chi connectivity index (χ0n) is 9.56. The summed E-state index contributed by atoms with van der Waals surface area (Å²) in [5.74, 6) is 1.65. The Balaban J connectivity index is 1.77. The minimum atomic E-state index is 0.686. The largest absolute Gasteiger partial charge is 0.469 e. The maximum Gasteiger partial charge on any atom is 0.191 e. The Morgan fingerprint density at radius 1 is 1.38 bits per heavy atom. The van der Waals surface area contributed by atoms with Crippen molar-refractivity contribution < 1.29 is 4.42 Å². The van der Waals surface area contributed by atoms with Gasteiger partial charge in [0.15, 0.2) is 5.96 Å². The molecule has 0 aromatic carbocycles. The molecule has 4 heteroatoms. The van der Waals surface area contributed by atoms with Crippen LogP contribution in [-0.2, 0) is 6.42 Å². The Hall–Kier alpha value is -1.45. The highest BCUT2D eigenvalue weighted by Gasteiger charge is 2.11. The van der Waals surface area contributed by atoms with Gasteiger partial charge in [-0.1, -0.05) is 0 Å². The third kappa shape index (κ3) is 3.02. The number of hydrogen-bond acceptors (Lipinski definition) is 2. The minimum Gasteiger partial charge on any atom is -0.469 e. The molecule has 0 atom stereocenters. The summed E-state index contributed by atoms with van der Waals surface area (Å²) in [5, 5.41) is 0. The predicted octanol–water partition coefficient (Wildman–Crippen LogP) is 1.62. The summed E-state index contributed by atoms with van der Waals surface area (Å²) in [4.78, 5) is 6.56. The van der Waals surface area contributed by atoms with E-state index in [1.807, 2.05) is 12.1 Å². The van der Waals surface area contributed by atoms with E-state index in [1.165, 1.54) is 19.3 Å². The molecule has 0 saturated carbocycles. The molecule has 16 heavy (non-hydrogen) atoms. The molecule has 1 aliphatic rings. The van der Waals surface area contributed by atoms with Crippen LogP contribution in [0.2, 0.25) is 0 Å². The van der Waals surface area contributed by atoms with Crippen LogP contribution >= 0.6 is 0 Å². The summed E-state index contributed by atoms with van der Waals surface area (Å²) < 4.78 is 5.24. The fourth-order valence-corrected chi connectivity index (χ4v) is 1.96. The van der Waals surface area contributed by atoms with Crippen LogP contribution in [0.3, 0.4) is 0 Å². The molecule has 1 fully saturated rings. The summed E-state index contributed by atoms with van der Waals surface area (Å²) in [6.07, 6.45) is 6.29. The van der Waals surface area contributed by atoms with Gasteiger partial charge in [0.2, 0.25) is 0 Å². The zero-order chi connectivity index (χ0) is 11.2. The third-order valence-corrected chi connectivity index (χ3v) is 2.89. The monoisotopic (exact) mass is 221 g/mol. The van der Waals surface area contributed by atoms with Crippen LogP contribution in [-0.4, -0.2) is 30.5 Å². The van der Waals surface area contributed by atoms with Crippen LogP contribution in [0.15, 0.2) is 27.8 Å². The average Bonchev–Trinajstić information content (AvgIpc) is 2.83. The predicted molar refractivity (Wildman–Crippen MR) is 64.3 cm³/mol. The molecule has 0 bridgehead atoms. The molecule has 0 radical (unpaired) electrons. The van der Waals surface area contributed by atoms with Gasteiger partial charge in [-0.05, 0) is 31.4 Å². The number of furan rings is 1. The minimum absolute atomic E-state index is 0.686. The van der Waals surface area contributed by atoms with Crippen LogP contribution in [0, 0.1) is 0 Å². The first-order valence-corrected chi connectivity index (χ1v) is 5.93. The van der Waals surface area contributed by atoms with E-state index in [1.54, 1.807) is 6.26 Å². The Kier molecular flexibility index (Phi) is 3.86. The maximum absolute atomic E-state index is 5.93. The molecule has 2 N–H and O–H groups in total. The number of piperidine rings is 1. The molecule has 1 aromatic heterocycles. The van der Waals surface area contributed by atoms with Gasteiger partial charge in [-0.15, -0.1) is 0 Å². The Bertz CT molecular complexity index is 326. The summed E-state index contributed by atoms with van der Waals surface area (Å²) in [6, 6.07) is 3.86. The van der Waals surface area contributed by atoms with Crippen LogP contribution < -0.4 is 5.73 Å². The second kappa shape index (κ2) is 5.58. The van der Waals surface area contributed by atoms with Gasteiger partial charge in [0, 0.05) is 26.1 Å². The molecule has 1 aromatic rings. The van der Waals surface area contributed by atoms with E-state index in [-0.39, 0.29) is 0 Å². The van der Waals surface area contributed by atoms with Gasteiger partial charge < -0.3 is 15.1 Å². The Morgan fingerprint density at radius 2 is 2.19 bits per heavy atom. The van der Waals surface area contributed by atoms with E-state index in [9.17, 15) is 0 Å². The van der Waals surface area contributed by atoms with Gasteiger partial charge in [0.1, 0.15) is 5.76 Å². The van der Waals surface area contributed by atoms with E-state index >= 15 is 0 Å². The van der Waals surface area contributed by atoms with Crippen molar-refractivity contribution in [3.63, 3.8) is 0 Å². The van der Waals surface area contributed by atoms with Crippen molar-refractivity contribution in [1.29, 1.82) is 0 Å². The molecule has 0 amide bonds. The molecule has 0 aliphatic carbocycles. The quantitative estimate of drug-likeness (QED) is 0.623. The number of rotatable bonds is 3. The van der Waals surface area contributed by atoms with Crippen molar-refractivity contribution in [3.8, 4) is 0 Å². The number of aliphatic imine (C=N–C) groups is 1. The number of likely N-dealkylation sites (tertiary alicyclic amines) is 1. The smallest absolute Gasteiger partial charge is 0.191 e. The second-order valence-corrected chi connectivity index (χ2v) is 4.12. The first kappa shape index (κ1) is 11.0. The molecule has 88 valence electrons. The lowest BCUT2D eigenvalue weighted by molar-refractivity contribution is 0.338. The van der Waals surface area contributed by atoms with Crippen molar-refractivity contribution in [2.24, 2.45) is 10.7 Å². The lowest BCUT2D eigenvalue weighted by atomic mass is 10.1. The fourth-order valence-electron chi connectivity index (χ4n) is 1.96. The SMILES string of the molecule is NC(=NCCc1ccco1)N1CCCCC1. The maximum atomic E-state index is 5.93. The van der Waals surface area contributed by atoms with Crippen molar-refractivity contribution in [2.45, 2.75) is 25.7 Å². The van der Waals surface area contributed by atoms with Crippen LogP contribution in [0.4, 0.5) is 0 Å². The third-order valence-electron chi connectivity index (χ3n) is 2.89. The van der Waals surface area contributed by atoms with Gasteiger partial charge in [0.25, 0.3) is 0 Å². The lowest BCUT2D eigenvalue weighted by Crippen LogP contribution is -2.41. The van der Waals surface area contributed by atoms with Gasteiger partial charge in [0.05, 0.1) is 6.26 Å². The van der Waals surface area contributed by atoms with Crippen LogP contribution in [0.25, 0.3) is 0 Å². The van der Waals surface area contributed by atoms with Gasteiger partial charge in [-0.25, -0.2) is 0 Å². The zero-order valence-corrected chi connectivity index (χ0v) is 9.56. The van der Waals surface area contributed by atoms with Crippen molar-refractivity contribution in [2.75, 3.05) is 19.6 Å². The van der Waals surface area contributed by atoms with E-state index in [0.717, 1.165) is 25.3 Å². The Morgan fingerprint density at radius 3 is 2.88 bits per heavy atom. The normalized spacial score (nSPS) is 17.8. The van der Waals surface area contributed by atoms with Crippen LogP contribution in [0.1, 0.15) is 25.0 Å². The highest BCUT2D eigenvalue weighted by atomic mass is 16.3. The van der Waals surface area contributed by atoms with Crippen molar-refractivity contribution in [1.82, 2.24) is 4.90 Å². The molecule has 0 unspecified atom stereocenters. The molecule has 4 nitrogen and oxygen atoms in total. The fraction of sp³-hybridized carbons (Fsp3) is 0.583. The lowest BCUT2D eigenvalue weighted by Gasteiger charge is -2.27. The highest BCUT2D eigenvalue weighted by Crippen LogP contribution is 2.08. The van der Waals surface area contributed by atoms with Gasteiger partial charge in [-0.2, -0.15) is 0 Å². The topological polar surface area (TPSA) is 54.8 Å². The number of nitrogens with two attached hydrogens (primary N) is 1. The molecule has 1 aliphatic heterocycles.